The summed E-state index contributed by atoms with van der Waals surface area (Å²) in [5.41, 5.74) is 12.2. The van der Waals surface area contributed by atoms with Crippen LogP contribution < -0.4 is 15.2 Å². The van der Waals surface area contributed by atoms with Crippen molar-refractivity contribution in [2.75, 3.05) is 0 Å². The van der Waals surface area contributed by atoms with Crippen molar-refractivity contribution in [3.8, 4) is 11.5 Å². The van der Waals surface area contributed by atoms with Crippen LogP contribution in [-0.2, 0) is 19.6 Å². The average molecular weight is 569 g/mol. The minimum Gasteiger partial charge on any atom is -0.487 e. The molecule has 5 rings (SSSR count). The van der Waals surface area contributed by atoms with Gasteiger partial charge < -0.3 is 15.2 Å². The standard InChI is InChI=1S/C35H31Cl2NO2/c36-30-21-28(16-18-33(30)39-23-26-12-6-2-7-13-26)35(32(38)20-25-10-4-1-5-11-25)29-17-19-34(31(37)22-29)40-24-27-14-8-3-9-15-27/h1-19,21-22,32,35H,20,23-24,38H2. The Kier molecular flexibility index (Phi) is 9.41. The first-order valence-corrected chi connectivity index (χ1v) is 14.0. The van der Waals surface area contributed by atoms with Crippen molar-refractivity contribution in [2.45, 2.75) is 31.6 Å². The average Bonchev–Trinajstić information content (AvgIpc) is 2.98. The normalized spacial score (nSPS) is 11.8. The molecule has 0 radical (unpaired) electrons. The van der Waals surface area contributed by atoms with Crippen LogP contribution in [0.1, 0.15) is 33.7 Å². The van der Waals surface area contributed by atoms with Gasteiger partial charge in [-0.1, -0.05) is 126 Å². The zero-order chi connectivity index (χ0) is 27.7. The van der Waals surface area contributed by atoms with Gasteiger partial charge in [0.05, 0.1) is 10.0 Å². The SMILES string of the molecule is NC(Cc1ccccc1)C(c1ccc(OCc2ccccc2)c(Cl)c1)c1ccc(OCc2ccccc2)c(Cl)c1. The molecule has 0 aliphatic heterocycles. The highest BCUT2D eigenvalue weighted by molar-refractivity contribution is 6.32. The van der Waals surface area contributed by atoms with E-state index in [1.165, 1.54) is 5.56 Å². The third-order valence-electron chi connectivity index (χ3n) is 6.85. The molecular weight excluding hydrogens is 537 g/mol. The maximum absolute atomic E-state index is 6.91. The van der Waals surface area contributed by atoms with E-state index in [1.807, 2.05) is 115 Å². The molecule has 0 saturated heterocycles. The topological polar surface area (TPSA) is 44.5 Å². The van der Waals surface area contributed by atoms with Gasteiger partial charge in [-0.05, 0) is 58.5 Å². The van der Waals surface area contributed by atoms with Gasteiger partial charge in [-0.2, -0.15) is 0 Å². The van der Waals surface area contributed by atoms with Crippen molar-refractivity contribution in [1.82, 2.24) is 0 Å². The Morgan fingerprint density at radius 3 is 1.32 bits per heavy atom. The Morgan fingerprint density at radius 1 is 0.525 bits per heavy atom. The minimum atomic E-state index is -0.221. The molecule has 1 unspecified atom stereocenters. The molecule has 1 atom stereocenters. The van der Waals surface area contributed by atoms with E-state index in [1.54, 1.807) is 0 Å². The van der Waals surface area contributed by atoms with E-state index in [0.717, 1.165) is 22.3 Å². The molecule has 2 N–H and O–H groups in total. The molecule has 0 heterocycles. The zero-order valence-corrected chi connectivity index (χ0v) is 23.6. The molecule has 0 aliphatic carbocycles. The molecule has 0 amide bonds. The van der Waals surface area contributed by atoms with Gasteiger partial charge in [-0.3, -0.25) is 0 Å². The predicted molar refractivity (Wildman–Crippen MR) is 164 cm³/mol. The number of halogens is 2. The van der Waals surface area contributed by atoms with Crippen molar-refractivity contribution in [1.29, 1.82) is 0 Å². The minimum absolute atomic E-state index is 0.151. The zero-order valence-electron chi connectivity index (χ0n) is 22.1. The van der Waals surface area contributed by atoms with E-state index in [0.29, 0.717) is 41.2 Å². The van der Waals surface area contributed by atoms with Crippen LogP contribution in [0.25, 0.3) is 0 Å². The summed E-state index contributed by atoms with van der Waals surface area (Å²) in [7, 11) is 0. The molecule has 0 bridgehead atoms. The van der Waals surface area contributed by atoms with Crippen LogP contribution >= 0.6 is 23.2 Å². The van der Waals surface area contributed by atoms with Gasteiger partial charge in [0.25, 0.3) is 0 Å². The van der Waals surface area contributed by atoms with E-state index in [2.05, 4.69) is 12.1 Å². The molecule has 5 heteroatoms. The molecule has 0 spiro atoms. The van der Waals surface area contributed by atoms with Crippen molar-refractivity contribution in [2.24, 2.45) is 5.73 Å². The van der Waals surface area contributed by atoms with Crippen molar-refractivity contribution < 1.29 is 9.47 Å². The van der Waals surface area contributed by atoms with Crippen LogP contribution in [0.5, 0.6) is 11.5 Å². The Morgan fingerprint density at radius 2 is 0.925 bits per heavy atom. The molecule has 202 valence electrons. The fourth-order valence-electron chi connectivity index (χ4n) is 4.82. The van der Waals surface area contributed by atoms with Gasteiger partial charge in [-0.25, -0.2) is 0 Å². The molecule has 3 nitrogen and oxygen atoms in total. The van der Waals surface area contributed by atoms with Crippen LogP contribution in [-0.4, -0.2) is 6.04 Å². The lowest BCUT2D eigenvalue weighted by molar-refractivity contribution is 0.306. The van der Waals surface area contributed by atoms with Gasteiger partial charge in [0.1, 0.15) is 24.7 Å². The van der Waals surface area contributed by atoms with E-state index >= 15 is 0 Å². The summed E-state index contributed by atoms with van der Waals surface area (Å²) in [4.78, 5) is 0. The molecule has 0 aliphatic rings. The summed E-state index contributed by atoms with van der Waals surface area (Å²) in [5.74, 6) is 1.11. The highest BCUT2D eigenvalue weighted by Gasteiger charge is 2.24. The number of nitrogens with two attached hydrogens (primary N) is 1. The van der Waals surface area contributed by atoms with E-state index in [4.69, 9.17) is 38.4 Å². The highest BCUT2D eigenvalue weighted by atomic mass is 35.5. The lowest BCUT2D eigenvalue weighted by Gasteiger charge is -2.26. The van der Waals surface area contributed by atoms with Crippen molar-refractivity contribution in [3.05, 3.63) is 165 Å². The van der Waals surface area contributed by atoms with Crippen LogP contribution in [0.2, 0.25) is 10.0 Å². The first-order valence-electron chi connectivity index (χ1n) is 13.3. The third-order valence-corrected chi connectivity index (χ3v) is 7.44. The molecule has 5 aromatic carbocycles. The summed E-state index contributed by atoms with van der Waals surface area (Å²) in [6, 6.07) is 41.9. The molecule has 0 fully saturated rings. The van der Waals surface area contributed by atoms with Crippen molar-refractivity contribution >= 4 is 23.2 Å². The molecular formula is C35H31Cl2NO2. The smallest absolute Gasteiger partial charge is 0.138 e. The van der Waals surface area contributed by atoms with Crippen LogP contribution in [0.15, 0.2) is 127 Å². The number of hydrogen-bond donors (Lipinski definition) is 1. The largest absolute Gasteiger partial charge is 0.487 e. The Labute approximate surface area is 246 Å². The third kappa shape index (κ3) is 7.25. The second-order valence-electron chi connectivity index (χ2n) is 9.76. The van der Waals surface area contributed by atoms with Crippen LogP contribution in [0.3, 0.4) is 0 Å². The molecule has 40 heavy (non-hydrogen) atoms. The Hall–Kier alpha value is -3.76. The van der Waals surface area contributed by atoms with Gasteiger partial charge in [0.2, 0.25) is 0 Å². The van der Waals surface area contributed by atoms with Crippen LogP contribution in [0, 0.1) is 0 Å². The fraction of sp³-hybridized carbons (Fsp3) is 0.143. The summed E-state index contributed by atoms with van der Waals surface area (Å²) in [6.07, 6.45) is 0.694. The Bertz CT molecular complexity index is 1420. The second kappa shape index (κ2) is 13.5. The summed E-state index contributed by atoms with van der Waals surface area (Å²) in [6.45, 7) is 0.883. The lowest BCUT2D eigenvalue weighted by atomic mass is 9.82. The number of ether oxygens (including phenoxy) is 2. The predicted octanol–water partition coefficient (Wildman–Crippen LogP) is 8.85. The fourth-order valence-corrected chi connectivity index (χ4v) is 5.30. The van der Waals surface area contributed by atoms with E-state index in [9.17, 15) is 0 Å². The van der Waals surface area contributed by atoms with Crippen LogP contribution in [0.4, 0.5) is 0 Å². The number of rotatable bonds is 11. The van der Waals surface area contributed by atoms with E-state index < -0.39 is 0 Å². The monoisotopic (exact) mass is 567 g/mol. The Balaban J connectivity index is 1.40. The van der Waals surface area contributed by atoms with Crippen molar-refractivity contribution in [3.63, 3.8) is 0 Å². The van der Waals surface area contributed by atoms with Gasteiger partial charge >= 0.3 is 0 Å². The summed E-state index contributed by atoms with van der Waals surface area (Å²) in [5, 5.41) is 1.08. The number of benzene rings is 5. The second-order valence-corrected chi connectivity index (χ2v) is 10.6. The van der Waals surface area contributed by atoms with E-state index in [-0.39, 0.29) is 12.0 Å². The molecule has 0 aromatic heterocycles. The van der Waals surface area contributed by atoms with Gasteiger partial charge in [-0.15, -0.1) is 0 Å². The number of hydrogen-bond acceptors (Lipinski definition) is 3. The maximum Gasteiger partial charge on any atom is 0.138 e. The highest BCUT2D eigenvalue weighted by Crippen LogP contribution is 2.37. The summed E-state index contributed by atoms with van der Waals surface area (Å²) >= 11 is 13.5. The summed E-state index contributed by atoms with van der Waals surface area (Å²) < 4.78 is 12.0. The van der Waals surface area contributed by atoms with Gasteiger partial charge in [0.15, 0.2) is 0 Å². The molecule has 5 aromatic rings. The first kappa shape index (κ1) is 27.8. The lowest BCUT2D eigenvalue weighted by Crippen LogP contribution is -2.31. The first-order chi connectivity index (χ1) is 19.6. The van der Waals surface area contributed by atoms with Gasteiger partial charge in [0, 0.05) is 12.0 Å². The molecule has 0 saturated carbocycles. The quantitative estimate of drug-likeness (QED) is 0.173. The maximum atomic E-state index is 6.91.